The Hall–Kier alpha value is -0.420. The molecule has 0 N–H and O–H groups in total. The molecule has 1 rings (SSSR count). The standard InChI is InChI=1S/C10H9Br2FO2/c1-2-15-10(14)6-3-7(5-11)9(13)8(12)4-6/h3-4H,2,5H2,1H3. The first-order chi connectivity index (χ1) is 7.10. The van der Waals surface area contributed by atoms with Crippen molar-refractivity contribution in [1.29, 1.82) is 0 Å². The number of alkyl halides is 1. The Morgan fingerprint density at radius 3 is 2.73 bits per heavy atom. The molecular formula is C10H9Br2FO2. The zero-order valence-corrected chi connectivity index (χ0v) is 11.2. The fourth-order valence-electron chi connectivity index (χ4n) is 1.08. The molecule has 15 heavy (non-hydrogen) atoms. The van der Waals surface area contributed by atoms with Crippen LogP contribution in [0.1, 0.15) is 22.8 Å². The van der Waals surface area contributed by atoms with E-state index in [9.17, 15) is 9.18 Å². The summed E-state index contributed by atoms with van der Waals surface area (Å²) in [5, 5.41) is 0.352. The minimum Gasteiger partial charge on any atom is -0.462 e. The van der Waals surface area contributed by atoms with Crippen molar-refractivity contribution in [2.24, 2.45) is 0 Å². The molecule has 0 fully saturated rings. The first kappa shape index (κ1) is 12.6. The van der Waals surface area contributed by atoms with E-state index in [2.05, 4.69) is 31.9 Å². The van der Waals surface area contributed by atoms with Crippen molar-refractivity contribution in [2.75, 3.05) is 6.61 Å². The van der Waals surface area contributed by atoms with Crippen LogP contribution in [0.5, 0.6) is 0 Å². The van der Waals surface area contributed by atoms with E-state index in [0.29, 0.717) is 23.1 Å². The van der Waals surface area contributed by atoms with Gasteiger partial charge < -0.3 is 4.74 Å². The van der Waals surface area contributed by atoms with Gasteiger partial charge in [-0.25, -0.2) is 9.18 Å². The zero-order valence-electron chi connectivity index (χ0n) is 8.02. The number of rotatable bonds is 3. The van der Waals surface area contributed by atoms with Crippen LogP contribution in [0.25, 0.3) is 0 Å². The van der Waals surface area contributed by atoms with Gasteiger partial charge in [-0.2, -0.15) is 0 Å². The zero-order chi connectivity index (χ0) is 11.4. The summed E-state index contributed by atoms with van der Waals surface area (Å²) in [5.74, 6) is -0.805. The van der Waals surface area contributed by atoms with E-state index < -0.39 is 5.97 Å². The van der Waals surface area contributed by atoms with Crippen molar-refractivity contribution in [3.8, 4) is 0 Å². The highest BCUT2D eigenvalue weighted by Gasteiger charge is 2.13. The third-order valence-corrected chi connectivity index (χ3v) is 2.94. The Balaban J connectivity index is 3.10. The summed E-state index contributed by atoms with van der Waals surface area (Å²) < 4.78 is 18.5. The molecule has 0 bridgehead atoms. The quantitative estimate of drug-likeness (QED) is 0.620. The highest BCUT2D eigenvalue weighted by atomic mass is 79.9. The fourth-order valence-corrected chi connectivity index (χ4v) is 1.98. The van der Waals surface area contributed by atoms with E-state index >= 15 is 0 Å². The third-order valence-electron chi connectivity index (χ3n) is 1.76. The van der Waals surface area contributed by atoms with Crippen molar-refractivity contribution in [2.45, 2.75) is 12.3 Å². The number of benzene rings is 1. The molecule has 0 atom stereocenters. The minimum atomic E-state index is -0.444. The van der Waals surface area contributed by atoms with E-state index in [1.165, 1.54) is 12.1 Å². The molecule has 0 spiro atoms. The minimum absolute atomic E-state index is 0.266. The lowest BCUT2D eigenvalue weighted by molar-refractivity contribution is 0.0526. The predicted molar refractivity (Wildman–Crippen MR) is 62.7 cm³/mol. The summed E-state index contributed by atoms with van der Waals surface area (Å²) in [7, 11) is 0. The summed E-state index contributed by atoms with van der Waals surface area (Å²) in [4.78, 5) is 11.4. The smallest absolute Gasteiger partial charge is 0.338 e. The fraction of sp³-hybridized carbons (Fsp3) is 0.300. The van der Waals surface area contributed by atoms with Gasteiger partial charge in [-0.3, -0.25) is 0 Å². The number of hydrogen-bond acceptors (Lipinski definition) is 2. The van der Waals surface area contributed by atoms with E-state index in [4.69, 9.17) is 4.74 Å². The van der Waals surface area contributed by atoms with Gasteiger partial charge in [-0.05, 0) is 35.0 Å². The normalized spacial score (nSPS) is 10.1. The van der Waals surface area contributed by atoms with Crippen LogP contribution >= 0.6 is 31.9 Å². The maximum Gasteiger partial charge on any atom is 0.338 e. The highest BCUT2D eigenvalue weighted by Crippen LogP contribution is 2.23. The van der Waals surface area contributed by atoms with Crippen LogP contribution in [0.15, 0.2) is 16.6 Å². The molecule has 0 unspecified atom stereocenters. The number of carbonyl (C=O) groups excluding carboxylic acids is 1. The molecule has 0 aliphatic rings. The second-order valence-corrected chi connectivity index (χ2v) is 4.20. The molecule has 0 aliphatic heterocycles. The van der Waals surface area contributed by atoms with Gasteiger partial charge in [0.1, 0.15) is 5.82 Å². The van der Waals surface area contributed by atoms with Gasteiger partial charge in [0.05, 0.1) is 16.6 Å². The second kappa shape index (κ2) is 5.61. The molecular weight excluding hydrogens is 331 g/mol. The molecule has 0 heterocycles. The first-order valence-corrected chi connectivity index (χ1v) is 6.22. The molecule has 5 heteroatoms. The third kappa shape index (κ3) is 3.01. The lowest BCUT2D eigenvalue weighted by atomic mass is 10.1. The molecule has 1 aromatic carbocycles. The average molecular weight is 340 g/mol. The van der Waals surface area contributed by atoms with Gasteiger partial charge in [0.25, 0.3) is 0 Å². The summed E-state index contributed by atoms with van der Waals surface area (Å²) in [5.41, 5.74) is 0.770. The van der Waals surface area contributed by atoms with Crippen LogP contribution < -0.4 is 0 Å². The molecule has 1 aromatic rings. The Morgan fingerprint density at radius 1 is 1.53 bits per heavy atom. The van der Waals surface area contributed by atoms with Crippen molar-refractivity contribution in [3.63, 3.8) is 0 Å². The number of carbonyl (C=O) groups is 1. The van der Waals surface area contributed by atoms with Gasteiger partial charge in [-0.15, -0.1) is 0 Å². The average Bonchev–Trinajstić information content (AvgIpc) is 2.22. The Bertz CT molecular complexity index is 380. The van der Waals surface area contributed by atoms with E-state index in [-0.39, 0.29) is 10.3 Å². The summed E-state index contributed by atoms with van der Waals surface area (Å²) in [6.07, 6.45) is 0. The Morgan fingerprint density at radius 2 is 2.20 bits per heavy atom. The molecule has 0 aliphatic carbocycles. The number of ether oxygens (including phenoxy) is 1. The van der Waals surface area contributed by atoms with Crippen LogP contribution in [0.4, 0.5) is 4.39 Å². The van der Waals surface area contributed by atoms with Crippen molar-refractivity contribution in [3.05, 3.63) is 33.5 Å². The van der Waals surface area contributed by atoms with Crippen LogP contribution in [0, 0.1) is 5.82 Å². The molecule has 2 nitrogen and oxygen atoms in total. The highest BCUT2D eigenvalue weighted by molar-refractivity contribution is 9.10. The molecule has 0 saturated carbocycles. The van der Waals surface area contributed by atoms with Gasteiger partial charge in [0, 0.05) is 10.9 Å². The lowest BCUT2D eigenvalue weighted by Gasteiger charge is -2.06. The Kier molecular flexibility index (Phi) is 4.73. The Labute approximate surface area is 104 Å². The summed E-state index contributed by atoms with van der Waals surface area (Å²) in [6.45, 7) is 2.03. The van der Waals surface area contributed by atoms with Gasteiger partial charge >= 0.3 is 5.97 Å². The molecule has 82 valence electrons. The largest absolute Gasteiger partial charge is 0.462 e. The predicted octanol–water partition coefficient (Wildman–Crippen LogP) is 3.66. The molecule has 0 amide bonds. The maximum atomic E-state index is 13.4. The number of esters is 1. The maximum absolute atomic E-state index is 13.4. The monoisotopic (exact) mass is 338 g/mol. The molecule has 0 saturated heterocycles. The van der Waals surface area contributed by atoms with E-state index in [0.717, 1.165) is 0 Å². The van der Waals surface area contributed by atoms with E-state index in [1.807, 2.05) is 0 Å². The van der Waals surface area contributed by atoms with E-state index in [1.54, 1.807) is 6.92 Å². The van der Waals surface area contributed by atoms with Gasteiger partial charge in [-0.1, -0.05) is 15.9 Å². The number of halogens is 3. The van der Waals surface area contributed by atoms with Crippen molar-refractivity contribution in [1.82, 2.24) is 0 Å². The first-order valence-electron chi connectivity index (χ1n) is 4.31. The van der Waals surface area contributed by atoms with Crippen LogP contribution in [0.2, 0.25) is 0 Å². The van der Waals surface area contributed by atoms with Gasteiger partial charge in [0.15, 0.2) is 0 Å². The van der Waals surface area contributed by atoms with Crippen molar-refractivity contribution >= 4 is 37.8 Å². The summed E-state index contributed by atoms with van der Waals surface area (Å²) >= 11 is 6.21. The van der Waals surface area contributed by atoms with Crippen LogP contribution in [-0.4, -0.2) is 12.6 Å². The molecule has 0 radical (unpaired) electrons. The van der Waals surface area contributed by atoms with Crippen LogP contribution in [0.3, 0.4) is 0 Å². The van der Waals surface area contributed by atoms with Gasteiger partial charge in [0.2, 0.25) is 0 Å². The molecule has 0 aromatic heterocycles. The van der Waals surface area contributed by atoms with Crippen LogP contribution in [-0.2, 0) is 10.1 Å². The van der Waals surface area contributed by atoms with Crippen molar-refractivity contribution < 1.29 is 13.9 Å². The topological polar surface area (TPSA) is 26.3 Å². The second-order valence-electron chi connectivity index (χ2n) is 2.79. The summed E-state index contributed by atoms with van der Waals surface area (Å²) in [6, 6.07) is 2.90. The number of hydrogen-bond donors (Lipinski definition) is 0. The lowest BCUT2D eigenvalue weighted by Crippen LogP contribution is -2.06. The SMILES string of the molecule is CCOC(=O)c1cc(Br)c(F)c(CBr)c1.